The molecule has 4 amide bonds. The van der Waals surface area contributed by atoms with Gasteiger partial charge in [-0.25, -0.2) is 4.79 Å². The van der Waals surface area contributed by atoms with Crippen LogP contribution in [0.4, 0.5) is 0 Å². The average molecular weight is 463 g/mol. The summed E-state index contributed by atoms with van der Waals surface area (Å²) >= 11 is 3.95. The second kappa shape index (κ2) is 14.6. The minimum atomic E-state index is -1.53. The van der Waals surface area contributed by atoms with Crippen LogP contribution in [0.3, 0.4) is 0 Å². The quantitative estimate of drug-likeness (QED) is 0.0953. The Labute approximate surface area is 186 Å². The van der Waals surface area contributed by atoms with E-state index in [-0.39, 0.29) is 18.1 Å². The first-order valence-corrected chi connectivity index (χ1v) is 10.6. The van der Waals surface area contributed by atoms with E-state index < -0.39 is 60.2 Å². The lowest BCUT2D eigenvalue weighted by Gasteiger charge is -2.26. The Morgan fingerprint density at radius 3 is 1.97 bits per heavy atom. The standard InChI is InChI=1S/C18H34N6O6S/c1-9(2)14(24-15(26)10(20)8-31)17(28)22-11(5-3-4-6-19)16(27)23-12(18(29)30)7-13(21)25/h9-12,14,31H,3-8,19-20H2,1-2H3,(H2,21,25)(H,22,28)(H,23,27)(H,24,26)(H,29,30). The fraction of sp³-hybridized carbons (Fsp3) is 0.722. The van der Waals surface area contributed by atoms with Crippen LogP contribution in [0.5, 0.6) is 0 Å². The molecule has 178 valence electrons. The molecule has 0 aromatic heterocycles. The molecule has 0 aliphatic carbocycles. The Bertz CT molecular complexity index is 647. The van der Waals surface area contributed by atoms with Crippen LogP contribution in [0.15, 0.2) is 0 Å². The largest absolute Gasteiger partial charge is 0.480 e. The van der Waals surface area contributed by atoms with E-state index in [2.05, 4.69) is 28.6 Å². The SMILES string of the molecule is CC(C)C(NC(=O)C(N)CS)C(=O)NC(CCCCN)C(=O)NC(CC(N)=O)C(=O)O. The first-order chi connectivity index (χ1) is 14.4. The minimum absolute atomic E-state index is 0.0822. The summed E-state index contributed by atoms with van der Waals surface area (Å²) in [5.74, 6) is -4.58. The summed E-state index contributed by atoms with van der Waals surface area (Å²) in [6, 6.07) is -4.53. The Kier molecular flexibility index (Phi) is 13.5. The summed E-state index contributed by atoms with van der Waals surface area (Å²) in [5, 5.41) is 16.5. The van der Waals surface area contributed by atoms with Gasteiger partial charge >= 0.3 is 5.97 Å². The van der Waals surface area contributed by atoms with Gasteiger partial charge in [0.25, 0.3) is 0 Å². The number of unbranched alkanes of at least 4 members (excludes halogenated alkanes) is 1. The number of primary amides is 1. The summed E-state index contributed by atoms with van der Waals surface area (Å²) < 4.78 is 0. The lowest BCUT2D eigenvalue weighted by atomic mass is 10.0. The Morgan fingerprint density at radius 2 is 1.52 bits per heavy atom. The van der Waals surface area contributed by atoms with E-state index in [1.807, 2.05) is 0 Å². The van der Waals surface area contributed by atoms with E-state index in [4.69, 9.17) is 17.2 Å². The van der Waals surface area contributed by atoms with E-state index >= 15 is 0 Å². The van der Waals surface area contributed by atoms with Crippen molar-refractivity contribution in [2.24, 2.45) is 23.1 Å². The molecule has 0 saturated heterocycles. The fourth-order valence-corrected chi connectivity index (χ4v) is 2.74. The number of nitrogens with two attached hydrogens (primary N) is 3. The van der Waals surface area contributed by atoms with Crippen LogP contribution in [-0.4, -0.2) is 71.2 Å². The van der Waals surface area contributed by atoms with Gasteiger partial charge in [-0.15, -0.1) is 0 Å². The second-order valence-corrected chi connectivity index (χ2v) is 7.80. The van der Waals surface area contributed by atoms with Crippen LogP contribution >= 0.6 is 12.6 Å². The van der Waals surface area contributed by atoms with Crippen LogP contribution in [-0.2, 0) is 24.0 Å². The van der Waals surface area contributed by atoms with E-state index in [9.17, 15) is 29.1 Å². The first kappa shape index (κ1) is 28.6. The molecule has 0 aliphatic rings. The zero-order valence-electron chi connectivity index (χ0n) is 17.8. The number of rotatable bonds is 15. The third-order valence-corrected chi connectivity index (χ3v) is 4.77. The number of carboxylic acid groups (broad SMARTS) is 1. The lowest BCUT2D eigenvalue weighted by molar-refractivity contribution is -0.143. The molecule has 0 radical (unpaired) electrons. The van der Waals surface area contributed by atoms with Gasteiger partial charge in [-0.1, -0.05) is 13.8 Å². The molecule has 0 heterocycles. The summed E-state index contributed by atoms with van der Waals surface area (Å²) in [6.45, 7) is 3.77. The average Bonchev–Trinajstić information content (AvgIpc) is 2.68. The van der Waals surface area contributed by atoms with E-state index in [0.717, 1.165) is 0 Å². The molecule has 0 aromatic rings. The molecule has 0 spiro atoms. The van der Waals surface area contributed by atoms with Gasteiger partial charge in [-0.3, -0.25) is 19.2 Å². The zero-order valence-corrected chi connectivity index (χ0v) is 18.7. The summed E-state index contributed by atoms with van der Waals surface area (Å²) in [6.07, 6.45) is 0.625. The smallest absolute Gasteiger partial charge is 0.326 e. The molecule has 0 fully saturated rings. The number of carbonyl (C=O) groups excluding carboxylic acids is 4. The molecule has 10 N–H and O–H groups in total. The van der Waals surface area contributed by atoms with Gasteiger partial charge in [0.1, 0.15) is 18.1 Å². The number of nitrogens with one attached hydrogen (secondary N) is 3. The minimum Gasteiger partial charge on any atom is -0.480 e. The molecule has 0 aromatic carbocycles. The number of hydrogen-bond acceptors (Lipinski definition) is 8. The third-order valence-electron chi connectivity index (χ3n) is 4.38. The molecule has 0 saturated carbocycles. The molecule has 12 nitrogen and oxygen atoms in total. The number of hydrogen-bond donors (Lipinski definition) is 8. The molecule has 4 unspecified atom stereocenters. The number of amides is 4. The summed E-state index contributed by atoms with van der Waals surface area (Å²) in [5.41, 5.74) is 16.1. The molecule has 0 bridgehead atoms. The highest BCUT2D eigenvalue weighted by Crippen LogP contribution is 2.07. The maximum absolute atomic E-state index is 12.8. The predicted octanol–water partition coefficient (Wildman–Crippen LogP) is -2.56. The lowest BCUT2D eigenvalue weighted by Crippen LogP contribution is -2.58. The highest BCUT2D eigenvalue weighted by molar-refractivity contribution is 7.80. The van der Waals surface area contributed by atoms with E-state index in [1.165, 1.54) is 0 Å². The van der Waals surface area contributed by atoms with Gasteiger partial charge in [-0.2, -0.15) is 12.6 Å². The Morgan fingerprint density at radius 1 is 0.935 bits per heavy atom. The predicted molar refractivity (Wildman–Crippen MR) is 117 cm³/mol. The fourth-order valence-electron chi connectivity index (χ4n) is 2.57. The van der Waals surface area contributed by atoms with Crippen molar-refractivity contribution in [1.82, 2.24) is 16.0 Å². The Balaban J connectivity index is 5.42. The van der Waals surface area contributed by atoms with Crippen molar-refractivity contribution in [2.75, 3.05) is 12.3 Å². The van der Waals surface area contributed by atoms with Crippen molar-refractivity contribution in [1.29, 1.82) is 0 Å². The van der Waals surface area contributed by atoms with Crippen LogP contribution < -0.4 is 33.2 Å². The normalized spacial score (nSPS) is 14.8. The first-order valence-electron chi connectivity index (χ1n) is 9.93. The highest BCUT2D eigenvalue weighted by Gasteiger charge is 2.31. The van der Waals surface area contributed by atoms with Gasteiger partial charge in [0.05, 0.1) is 12.5 Å². The van der Waals surface area contributed by atoms with Crippen LogP contribution in [0.25, 0.3) is 0 Å². The van der Waals surface area contributed by atoms with Gasteiger partial charge in [0, 0.05) is 5.75 Å². The van der Waals surface area contributed by atoms with Crippen molar-refractivity contribution < 1.29 is 29.1 Å². The van der Waals surface area contributed by atoms with E-state index in [1.54, 1.807) is 13.8 Å². The molecule has 4 atom stereocenters. The van der Waals surface area contributed by atoms with Gasteiger partial charge in [0.15, 0.2) is 0 Å². The maximum Gasteiger partial charge on any atom is 0.326 e. The van der Waals surface area contributed by atoms with Crippen molar-refractivity contribution in [3.05, 3.63) is 0 Å². The molecular weight excluding hydrogens is 428 g/mol. The van der Waals surface area contributed by atoms with Gasteiger partial charge in [-0.05, 0) is 31.7 Å². The van der Waals surface area contributed by atoms with Gasteiger partial charge < -0.3 is 38.3 Å². The zero-order chi connectivity index (χ0) is 24.1. The molecule has 0 aliphatic heterocycles. The van der Waals surface area contributed by atoms with Crippen molar-refractivity contribution in [3.8, 4) is 0 Å². The monoisotopic (exact) mass is 462 g/mol. The number of carbonyl (C=O) groups is 5. The Hall–Kier alpha value is -2.38. The van der Waals surface area contributed by atoms with Crippen molar-refractivity contribution in [2.45, 2.75) is 63.7 Å². The molecule has 0 rings (SSSR count). The molecule has 13 heteroatoms. The summed E-state index contributed by atoms with van der Waals surface area (Å²) in [4.78, 5) is 59.9. The molecular formula is C18H34N6O6S. The van der Waals surface area contributed by atoms with Crippen LogP contribution in [0, 0.1) is 5.92 Å². The van der Waals surface area contributed by atoms with Crippen LogP contribution in [0.2, 0.25) is 0 Å². The number of carboxylic acids is 1. The van der Waals surface area contributed by atoms with Crippen molar-refractivity contribution >= 4 is 42.2 Å². The van der Waals surface area contributed by atoms with E-state index in [0.29, 0.717) is 19.4 Å². The topological polar surface area (TPSA) is 220 Å². The second-order valence-electron chi connectivity index (χ2n) is 7.43. The van der Waals surface area contributed by atoms with Crippen molar-refractivity contribution in [3.63, 3.8) is 0 Å². The maximum atomic E-state index is 12.8. The number of aliphatic carboxylic acids is 1. The van der Waals surface area contributed by atoms with Crippen LogP contribution in [0.1, 0.15) is 39.5 Å². The summed E-state index contributed by atoms with van der Waals surface area (Å²) in [7, 11) is 0. The highest BCUT2D eigenvalue weighted by atomic mass is 32.1. The number of thiol groups is 1. The van der Waals surface area contributed by atoms with Gasteiger partial charge in [0.2, 0.25) is 23.6 Å². The third kappa shape index (κ3) is 11.0. The molecule has 31 heavy (non-hydrogen) atoms.